The van der Waals surface area contributed by atoms with Crippen LogP contribution in [0.4, 0.5) is 0 Å². The Kier molecular flexibility index (Phi) is 27.0. The number of ether oxygens (including phenoxy) is 1. The number of esters is 1. The van der Waals surface area contributed by atoms with Crippen LogP contribution >= 0.6 is 0 Å². The Morgan fingerprint density at radius 3 is 1.50 bits per heavy atom. The van der Waals surface area contributed by atoms with Crippen molar-refractivity contribution >= 4 is 26.7 Å². The highest BCUT2D eigenvalue weighted by atomic mass is 28.4. The van der Waals surface area contributed by atoms with E-state index in [9.17, 15) is 14.4 Å². The number of carbonyl (C=O) groups excluding carboxylic acids is 1. The molecular weight excluding hydrogens is 540 g/mol. The molecule has 2 bridgehead atoms. The van der Waals surface area contributed by atoms with Crippen molar-refractivity contribution in [3.63, 3.8) is 0 Å². The highest BCUT2D eigenvalue weighted by molar-refractivity contribution is 6.60. The van der Waals surface area contributed by atoms with Crippen molar-refractivity contribution in [2.45, 2.75) is 57.9 Å². The summed E-state index contributed by atoms with van der Waals surface area (Å²) in [6, 6.07) is 0.611. The minimum Gasteiger partial charge on any atom is -0.478 e. The minimum atomic E-state index is -2.53. The number of fused-ring (bicyclic) bond motifs is 5. The number of hydrogen-bond acceptors (Lipinski definition) is 9. The monoisotopic (exact) mass is 592 g/mol. The van der Waals surface area contributed by atoms with Crippen LogP contribution in [0.1, 0.15) is 51.9 Å². The second kappa shape index (κ2) is 25.6. The van der Waals surface area contributed by atoms with E-state index >= 15 is 0 Å². The highest BCUT2D eigenvalue weighted by Crippen LogP contribution is 2.58. The molecule has 3 aliphatic carbocycles. The van der Waals surface area contributed by atoms with E-state index in [1.807, 2.05) is 0 Å². The Morgan fingerprint density at radius 2 is 1.20 bits per heavy atom. The van der Waals surface area contributed by atoms with E-state index in [2.05, 4.69) is 19.7 Å². The summed E-state index contributed by atoms with van der Waals surface area (Å²) in [5.74, 6) is 2.46. The van der Waals surface area contributed by atoms with E-state index in [1.165, 1.54) is 23.7 Å². The van der Waals surface area contributed by atoms with Crippen molar-refractivity contribution in [2.75, 3.05) is 42.2 Å². The molecule has 0 aliphatic heterocycles. The lowest BCUT2D eigenvalue weighted by molar-refractivity contribution is -0.139. The number of rotatable bonds is 10. The van der Waals surface area contributed by atoms with Gasteiger partial charge in [-0.05, 0) is 69.1 Å². The molecule has 4 N–H and O–H groups in total. The number of carboxylic acids is 2. The van der Waals surface area contributed by atoms with Gasteiger partial charge in [0.05, 0.1) is 6.61 Å². The van der Waals surface area contributed by atoms with Crippen LogP contribution in [-0.2, 0) is 32.4 Å². The zero-order valence-corrected chi connectivity index (χ0v) is 26.1. The number of aliphatic carboxylic acids is 2. The molecule has 3 aliphatic rings. The van der Waals surface area contributed by atoms with E-state index in [4.69, 9.17) is 38.4 Å². The lowest BCUT2D eigenvalue weighted by Gasteiger charge is -2.24. The Bertz CT molecular complexity index is 696. The van der Waals surface area contributed by atoms with Crippen molar-refractivity contribution < 1.29 is 52.8 Å². The van der Waals surface area contributed by atoms with Gasteiger partial charge in [-0.2, -0.15) is 0 Å². The molecule has 0 amide bonds. The van der Waals surface area contributed by atoms with Crippen LogP contribution in [0.15, 0.2) is 37.5 Å². The number of aliphatic hydroxyl groups is 2. The summed E-state index contributed by atoms with van der Waals surface area (Å²) in [6.45, 7) is 11.3. The summed E-state index contributed by atoms with van der Waals surface area (Å²) in [7, 11) is 4.13. The predicted molar refractivity (Wildman–Crippen MR) is 156 cm³/mol. The van der Waals surface area contributed by atoms with Gasteiger partial charge in [0.1, 0.15) is 0 Å². The molecule has 40 heavy (non-hydrogen) atoms. The molecule has 4 unspecified atom stereocenters. The third kappa shape index (κ3) is 17.4. The molecule has 0 spiro atoms. The first-order valence-corrected chi connectivity index (χ1v) is 15.0. The predicted octanol–water partition coefficient (Wildman–Crippen LogP) is 3.94. The minimum absolute atomic E-state index is 0.316. The molecule has 4 atom stereocenters. The van der Waals surface area contributed by atoms with Gasteiger partial charge in [0.25, 0.3) is 0 Å². The van der Waals surface area contributed by atoms with Gasteiger partial charge in [-0.3, -0.25) is 0 Å². The van der Waals surface area contributed by atoms with E-state index in [1.54, 1.807) is 66.8 Å². The van der Waals surface area contributed by atoms with Gasteiger partial charge in [-0.1, -0.05) is 26.2 Å². The van der Waals surface area contributed by atoms with Gasteiger partial charge in [0, 0.05) is 59.3 Å². The summed E-state index contributed by atoms with van der Waals surface area (Å²) in [6.07, 6.45) is 11.8. The normalized spacial score (nSPS) is 20.8. The standard InChI is InChI=1S/C10H20O5Si.C10H16.2C3H4O2.2CH4O/c1-9(2)10(11)15-7-6-8-16(12-3,13-4)14-5;1-2-9-7-4-5-8(6-7)10(9)3-1;2*1-2-3(4)5;2*1-2/h1,6-8H2,2-5H3;7-10H,1-6H2;2*2H,1H2,(H,4,5);2*2H,1H3. The van der Waals surface area contributed by atoms with Gasteiger partial charge in [0.15, 0.2) is 0 Å². The molecule has 0 aromatic rings. The lowest BCUT2D eigenvalue weighted by Crippen LogP contribution is -2.42. The second-order valence-corrected chi connectivity index (χ2v) is 12.1. The fourth-order valence-electron chi connectivity index (χ4n) is 5.15. The van der Waals surface area contributed by atoms with Gasteiger partial charge < -0.3 is 38.4 Å². The Balaban J connectivity index is -0.000000483. The average molecular weight is 593 g/mol. The molecule has 0 radical (unpaired) electrons. The fraction of sp³-hybridized carbons (Fsp3) is 0.679. The van der Waals surface area contributed by atoms with Crippen molar-refractivity contribution in [1.29, 1.82) is 0 Å². The fourth-order valence-corrected chi connectivity index (χ4v) is 6.84. The zero-order chi connectivity index (χ0) is 31.7. The van der Waals surface area contributed by atoms with Crippen LogP contribution in [0.3, 0.4) is 0 Å². The lowest BCUT2D eigenvalue weighted by atomic mass is 9.82. The maximum absolute atomic E-state index is 11.1. The first kappa shape index (κ1) is 42.1. The van der Waals surface area contributed by atoms with Gasteiger partial charge in [0.2, 0.25) is 0 Å². The van der Waals surface area contributed by atoms with Crippen molar-refractivity contribution in [3.8, 4) is 0 Å². The van der Waals surface area contributed by atoms with Crippen LogP contribution in [0.2, 0.25) is 6.04 Å². The number of carboxylic acid groups (broad SMARTS) is 2. The van der Waals surface area contributed by atoms with Crippen LogP contribution < -0.4 is 0 Å². The molecule has 11 nitrogen and oxygen atoms in total. The first-order valence-electron chi connectivity index (χ1n) is 13.1. The smallest absolute Gasteiger partial charge is 0.478 e. The molecular formula is C28H52O11Si. The SMILES string of the molecule is C1CC2C3CCC(C3)C2C1.C=C(C)C(=O)OCCC[Si](OC)(OC)OC.C=CC(=O)O.C=CC(=O)O.CO.CO. The Labute approximate surface area is 240 Å². The van der Waals surface area contributed by atoms with Gasteiger partial charge in [-0.25, -0.2) is 14.4 Å². The number of hydrogen-bond donors (Lipinski definition) is 4. The Morgan fingerprint density at radius 1 is 0.825 bits per heavy atom. The molecule has 234 valence electrons. The maximum Gasteiger partial charge on any atom is 0.500 e. The summed E-state index contributed by atoms with van der Waals surface area (Å²) >= 11 is 0. The quantitative estimate of drug-likeness (QED) is 0.125. The summed E-state index contributed by atoms with van der Waals surface area (Å²) in [5, 5.41) is 29.2. The van der Waals surface area contributed by atoms with E-state index in [0.717, 1.165) is 26.4 Å². The van der Waals surface area contributed by atoms with E-state index in [0.29, 0.717) is 24.6 Å². The largest absolute Gasteiger partial charge is 0.500 e. The Hall–Kier alpha value is -2.35. The molecule has 3 fully saturated rings. The van der Waals surface area contributed by atoms with Crippen LogP contribution in [0.5, 0.6) is 0 Å². The molecule has 12 heteroatoms. The van der Waals surface area contributed by atoms with Crippen molar-refractivity contribution in [2.24, 2.45) is 23.7 Å². The van der Waals surface area contributed by atoms with E-state index < -0.39 is 20.7 Å². The van der Waals surface area contributed by atoms with E-state index in [-0.39, 0.29) is 5.97 Å². The number of carbonyl (C=O) groups is 3. The number of aliphatic hydroxyl groups excluding tert-OH is 2. The summed E-state index contributed by atoms with van der Waals surface area (Å²) in [5.41, 5.74) is 0.397. The summed E-state index contributed by atoms with van der Waals surface area (Å²) < 4.78 is 20.6. The molecule has 0 saturated heterocycles. The van der Waals surface area contributed by atoms with Gasteiger partial charge in [-0.15, -0.1) is 0 Å². The second-order valence-electron chi connectivity index (χ2n) is 8.99. The highest BCUT2D eigenvalue weighted by Gasteiger charge is 2.48. The maximum atomic E-state index is 11.1. The zero-order valence-electron chi connectivity index (χ0n) is 25.1. The molecule has 0 aromatic carbocycles. The van der Waals surface area contributed by atoms with Crippen LogP contribution in [0.25, 0.3) is 0 Å². The third-order valence-electron chi connectivity index (χ3n) is 6.84. The first-order chi connectivity index (χ1) is 19.0. The van der Waals surface area contributed by atoms with Crippen molar-refractivity contribution in [3.05, 3.63) is 37.5 Å². The average Bonchev–Trinajstić information content (AvgIpc) is 3.73. The van der Waals surface area contributed by atoms with Crippen molar-refractivity contribution in [1.82, 2.24) is 0 Å². The molecule has 3 rings (SSSR count). The van der Waals surface area contributed by atoms with Gasteiger partial charge >= 0.3 is 26.7 Å². The molecule has 0 aromatic heterocycles. The van der Waals surface area contributed by atoms with Crippen LogP contribution in [0, 0.1) is 23.7 Å². The summed E-state index contributed by atoms with van der Waals surface area (Å²) in [4.78, 5) is 29.6. The topological polar surface area (TPSA) is 169 Å². The molecule has 3 saturated carbocycles. The third-order valence-corrected chi connectivity index (χ3v) is 9.67. The molecule has 0 heterocycles. The van der Waals surface area contributed by atoms with Crippen LogP contribution in [-0.4, -0.2) is 89.3 Å².